The number of nitrogens with zero attached hydrogens (tertiary/aromatic N) is 2. The van der Waals surface area contributed by atoms with Crippen molar-refractivity contribution in [2.75, 3.05) is 13.1 Å². The number of sulfonamides is 1. The van der Waals surface area contributed by atoms with Gasteiger partial charge < -0.3 is 10.3 Å². The quantitative estimate of drug-likeness (QED) is 0.678. The normalized spacial score (nSPS) is 13.7. The van der Waals surface area contributed by atoms with E-state index in [2.05, 4.69) is 16.6 Å². The second-order valence-electron chi connectivity index (χ2n) is 4.42. The second kappa shape index (κ2) is 6.86. The molecule has 0 saturated carbocycles. The van der Waals surface area contributed by atoms with Gasteiger partial charge in [0.2, 0.25) is 0 Å². The Bertz CT molecular complexity index is 455. The molecule has 1 rings (SSSR count). The molecule has 18 heavy (non-hydrogen) atoms. The Morgan fingerprint density at radius 1 is 1.56 bits per heavy atom. The molecule has 1 atom stereocenters. The van der Waals surface area contributed by atoms with Crippen molar-refractivity contribution in [3.05, 3.63) is 12.5 Å². The number of rotatable bonds is 8. The molecule has 1 unspecified atom stereocenters. The third kappa shape index (κ3) is 4.40. The Kier molecular flexibility index (Phi) is 5.77. The third-order valence-electron chi connectivity index (χ3n) is 2.82. The number of hydrogen-bond acceptors (Lipinski definition) is 4. The highest BCUT2D eigenvalue weighted by atomic mass is 32.2. The maximum absolute atomic E-state index is 11.9. The summed E-state index contributed by atoms with van der Waals surface area (Å²) in [5, 5.41) is 0.0798. The fraction of sp³-hybridized carbons (Fsp3) is 0.727. The second-order valence-corrected chi connectivity index (χ2v) is 6.14. The number of nitrogens with one attached hydrogen (secondary N) is 1. The summed E-state index contributed by atoms with van der Waals surface area (Å²) in [6, 6.07) is 0. The zero-order chi connectivity index (χ0) is 13.6. The summed E-state index contributed by atoms with van der Waals surface area (Å²) in [5.74, 6) is 0.425. The molecule has 0 aliphatic heterocycles. The summed E-state index contributed by atoms with van der Waals surface area (Å²) in [7, 11) is -3.47. The molecule has 0 aromatic carbocycles. The molecule has 0 radical (unpaired) electrons. The molecule has 1 heterocycles. The van der Waals surface area contributed by atoms with Crippen LogP contribution in [0.4, 0.5) is 0 Å². The van der Waals surface area contributed by atoms with Crippen LogP contribution in [0.3, 0.4) is 0 Å². The summed E-state index contributed by atoms with van der Waals surface area (Å²) in [4.78, 5) is 3.88. The standard InChI is InChI=1S/C11H22N4O2S/c1-3-15-8-11(13-9-15)18(16,17)14-6-4-5-10(2)7-12/h8-10,14H,3-7,12H2,1-2H3. The van der Waals surface area contributed by atoms with Crippen LogP contribution >= 0.6 is 0 Å². The summed E-state index contributed by atoms with van der Waals surface area (Å²) in [5.41, 5.74) is 5.50. The minimum Gasteiger partial charge on any atom is -0.336 e. The van der Waals surface area contributed by atoms with Gasteiger partial charge in [0.1, 0.15) is 0 Å². The molecule has 104 valence electrons. The van der Waals surface area contributed by atoms with Gasteiger partial charge in [0, 0.05) is 19.3 Å². The maximum Gasteiger partial charge on any atom is 0.259 e. The van der Waals surface area contributed by atoms with Gasteiger partial charge in [-0.1, -0.05) is 6.92 Å². The SMILES string of the molecule is CCn1cnc(S(=O)(=O)NCCCC(C)CN)c1. The van der Waals surface area contributed by atoms with Gasteiger partial charge in [-0.15, -0.1) is 0 Å². The van der Waals surface area contributed by atoms with Crippen LogP contribution in [-0.4, -0.2) is 31.1 Å². The van der Waals surface area contributed by atoms with Crippen molar-refractivity contribution in [2.24, 2.45) is 11.7 Å². The molecule has 3 N–H and O–H groups in total. The predicted octanol–water partition coefficient (Wildman–Crippen LogP) is 0.556. The lowest BCUT2D eigenvalue weighted by molar-refractivity contribution is 0.513. The number of imidazole rings is 1. The van der Waals surface area contributed by atoms with Gasteiger partial charge in [0.15, 0.2) is 5.03 Å². The van der Waals surface area contributed by atoms with E-state index in [0.717, 1.165) is 12.8 Å². The molecule has 7 heteroatoms. The van der Waals surface area contributed by atoms with Crippen LogP contribution in [0, 0.1) is 5.92 Å². The minimum absolute atomic E-state index is 0.0798. The van der Waals surface area contributed by atoms with E-state index in [9.17, 15) is 8.42 Å². The van der Waals surface area contributed by atoms with E-state index in [1.807, 2.05) is 6.92 Å². The monoisotopic (exact) mass is 274 g/mol. The zero-order valence-electron chi connectivity index (χ0n) is 11.0. The topological polar surface area (TPSA) is 90.0 Å². The molecule has 0 amide bonds. The lowest BCUT2D eigenvalue weighted by Crippen LogP contribution is -2.25. The Morgan fingerprint density at radius 2 is 2.28 bits per heavy atom. The summed E-state index contributed by atoms with van der Waals surface area (Å²) >= 11 is 0. The molecule has 0 bridgehead atoms. The van der Waals surface area contributed by atoms with E-state index in [-0.39, 0.29) is 5.03 Å². The highest BCUT2D eigenvalue weighted by Gasteiger charge is 2.16. The van der Waals surface area contributed by atoms with E-state index < -0.39 is 10.0 Å². The van der Waals surface area contributed by atoms with Gasteiger partial charge in [-0.25, -0.2) is 18.1 Å². The fourth-order valence-electron chi connectivity index (χ4n) is 1.50. The van der Waals surface area contributed by atoms with Gasteiger partial charge in [-0.05, 0) is 32.2 Å². The van der Waals surface area contributed by atoms with Crippen molar-refractivity contribution in [1.29, 1.82) is 0 Å². The summed E-state index contributed by atoms with van der Waals surface area (Å²) < 4.78 is 28.0. The Labute approximate surface area is 109 Å². The summed E-state index contributed by atoms with van der Waals surface area (Å²) in [6.45, 7) is 5.74. The Hall–Kier alpha value is -0.920. The van der Waals surface area contributed by atoms with Crippen LogP contribution < -0.4 is 10.5 Å². The van der Waals surface area contributed by atoms with E-state index in [1.54, 1.807) is 4.57 Å². The zero-order valence-corrected chi connectivity index (χ0v) is 11.8. The van der Waals surface area contributed by atoms with Gasteiger partial charge >= 0.3 is 0 Å². The summed E-state index contributed by atoms with van der Waals surface area (Å²) in [6.07, 6.45) is 4.75. The molecule has 0 fully saturated rings. The van der Waals surface area contributed by atoms with Gasteiger partial charge in [-0.3, -0.25) is 0 Å². The fourth-order valence-corrected chi connectivity index (χ4v) is 2.52. The van der Waals surface area contributed by atoms with Crippen molar-refractivity contribution in [3.8, 4) is 0 Å². The van der Waals surface area contributed by atoms with Crippen molar-refractivity contribution in [1.82, 2.24) is 14.3 Å². The van der Waals surface area contributed by atoms with E-state index in [1.165, 1.54) is 12.5 Å². The van der Waals surface area contributed by atoms with Crippen LogP contribution in [0.2, 0.25) is 0 Å². The number of hydrogen-bond donors (Lipinski definition) is 2. The largest absolute Gasteiger partial charge is 0.336 e. The molecule has 0 spiro atoms. The number of nitrogens with two attached hydrogens (primary N) is 1. The molecule has 6 nitrogen and oxygen atoms in total. The first-order valence-corrected chi connectivity index (χ1v) is 7.69. The third-order valence-corrected chi connectivity index (χ3v) is 4.16. The highest BCUT2D eigenvalue weighted by molar-refractivity contribution is 7.89. The predicted molar refractivity (Wildman–Crippen MR) is 70.5 cm³/mol. The van der Waals surface area contributed by atoms with E-state index >= 15 is 0 Å². The first-order chi connectivity index (χ1) is 8.49. The van der Waals surface area contributed by atoms with Gasteiger partial charge in [0.05, 0.1) is 6.33 Å². The molecule has 0 saturated heterocycles. The average molecular weight is 274 g/mol. The lowest BCUT2D eigenvalue weighted by atomic mass is 10.1. The first-order valence-electron chi connectivity index (χ1n) is 6.21. The van der Waals surface area contributed by atoms with Crippen molar-refractivity contribution in [3.63, 3.8) is 0 Å². The lowest BCUT2D eigenvalue weighted by Gasteiger charge is -2.08. The highest BCUT2D eigenvalue weighted by Crippen LogP contribution is 2.06. The van der Waals surface area contributed by atoms with Gasteiger partial charge in [0.25, 0.3) is 10.0 Å². The molecular weight excluding hydrogens is 252 g/mol. The van der Waals surface area contributed by atoms with Crippen molar-refractivity contribution in [2.45, 2.75) is 38.3 Å². The smallest absolute Gasteiger partial charge is 0.259 e. The van der Waals surface area contributed by atoms with E-state index in [4.69, 9.17) is 5.73 Å². The van der Waals surface area contributed by atoms with Crippen molar-refractivity contribution >= 4 is 10.0 Å². The minimum atomic E-state index is -3.47. The maximum atomic E-state index is 11.9. The number of aromatic nitrogens is 2. The van der Waals surface area contributed by atoms with Crippen LogP contribution in [0.5, 0.6) is 0 Å². The average Bonchev–Trinajstić information content (AvgIpc) is 2.83. The molecule has 1 aromatic rings. The Morgan fingerprint density at radius 3 is 2.83 bits per heavy atom. The molecule has 1 aromatic heterocycles. The van der Waals surface area contributed by atoms with Gasteiger partial charge in [-0.2, -0.15) is 0 Å². The molecule has 0 aliphatic carbocycles. The number of aryl methyl sites for hydroxylation is 1. The van der Waals surface area contributed by atoms with Crippen LogP contribution in [0.1, 0.15) is 26.7 Å². The molecule has 0 aliphatic rings. The van der Waals surface area contributed by atoms with E-state index in [0.29, 0.717) is 25.6 Å². The van der Waals surface area contributed by atoms with Crippen LogP contribution in [0.15, 0.2) is 17.6 Å². The van der Waals surface area contributed by atoms with Crippen LogP contribution in [0.25, 0.3) is 0 Å². The Balaban J connectivity index is 2.45. The molecular formula is C11H22N4O2S. The first kappa shape index (κ1) is 15.1. The van der Waals surface area contributed by atoms with Crippen molar-refractivity contribution < 1.29 is 8.42 Å². The van der Waals surface area contributed by atoms with Crippen LogP contribution in [-0.2, 0) is 16.6 Å².